The zero-order chi connectivity index (χ0) is 25.2. The van der Waals surface area contributed by atoms with Crippen LogP contribution in [0.1, 0.15) is 61.7 Å². The number of halogens is 1. The maximum Gasteiger partial charge on any atom is 0.252 e. The first kappa shape index (κ1) is 26.0. The second-order valence-corrected chi connectivity index (χ2v) is 13.0. The lowest BCUT2D eigenvalue weighted by Crippen LogP contribution is -2.51. The van der Waals surface area contributed by atoms with Gasteiger partial charge in [0.1, 0.15) is 11.9 Å². The molecule has 7 nitrogen and oxygen atoms in total. The fraction of sp³-hybridized carbons (Fsp3) is 0.600. The number of nitrogens with one attached hydrogen (secondary N) is 2. The number of amides is 1. The van der Waals surface area contributed by atoms with E-state index in [0.717, 1.165) is 61.2 Å². The van der Waals surface area contributed by atoms with Gasteiger partial charge in [0.15, 0.2) is 4.21 Å². The molecule has 0 radical (unpaired) electrons. The van der Waals surface area contributed by atoms with Crippen LogP contribution in [0.4, 0.5) is 10.1 Å². The molecule has 1 aliphatic heterocycles. The molecule has 1 fully saturated rings. The van der Waals surface area contributed by atoms with Gasteiger partial charge in [-0.3, -0.25) is 4.79 Å². The average Bonchev–Trinajstić information content (AvgIpc) is 3.35. The van der Waals surface area contributed by atoms with Crippen LogP contribution >= 0.6 is 11.3 Å². The molecule has 4 rings (SSSR count). The lowest BCUT2D eigenvalue weighted by molar-refractivity contribution is -0.123. The van der Waals surface area contributed by atoms with Gasteiger partial charge >= 0.3 is 0 Å². The van der Waals surface area contributed by atoms with Crippen LogP contribution in [-0.2, 0) is 21.2 Å². The third-order valence-corrected chi connectivity index (χ3v) is 10.1. The van der Waals surface area contributed by atoms with Crippen LogP contribution < -0.4 is 14.9 Å². The fourth-order valence-corrected chi connectivity index (χ4v) is 8.02. The number of thiazole rings is 1. The molecule has 1 aromatic carbocycles. The Balaban J connectivity index is 1.45. The Morgan fingerprint density at radius 2 is 2.00 bits per heavy atom. The van der Waals surface area contributed by atoms with E-state index in [4.69, 9.17) is 0 Å². The van der Waals surface area contributed by atoms with Gasteiger partial charge in [0.25, 0.3) is 10.0 Å². The summed E-state index contributed by atoms with van der Waals surface area (Å²) in [5.41, 5.74) is 2.42. The average molecular weight is 523 g/mol. The van der Waals surface area contributed by atoms with E-state index in [1.807, 2.05) is 6.92 Å². The Kier molecular flexibility index (Phi) is 8.12. The van der Waals surface area contributed by atoms with Crippen molar-refractivity contribution in [2.24, 2.45) is 5.92 Å². The normalized spacial score (nSPS) is 18.3. The van der Waals surface area contributed by atoms with Crippen molar-refractivity contribution in [3.05, 3.63) is 40.3 Å². The van der Waals surface area contributed by atoms with Crippen LogP contribution in [0.2, 0.25) is 0 Å². The quantitative estimate of drug-likeness (QED) is 0.518. The van der Waals surface area contributed by atoms with Gasteiger partial charge in [-0.05, 0) is 63.3 Å². The van der Waals surface area contributed by atoms with Crippen LogP contribution in [0.5, 0.6) is 0 Å². The molecule has 1 aliphatic carbocycles. The summed E-state index contributed by atoms with van der Waals surface area (Å²) < 4.78 is 42.8. The number of aromatic nitrogens is 1. The van der Waals surface area contributed by atoms with E-state index >= 15 is 0 Å². The SMILES string of the molecule is Cc1nc(C)c(S(=O)(=O)N[C@@H](CC2CCCCC2)C(=O)N[C@@H](C)CN2CCc3cc(F)ccc32)s1. The van der Waals surface area contributed by atoms with Crippen molar-refractivity contribution in [2.75, 3.05) is 18.0 Å². The van der Waals surface area contributed by atoms with Gasteiger partial charge in [0.2, 0.25) is 5.91 Å². The number of anilines is 1. The number of aryl methyl sites for hydroxylation is 2. The Morgan fingerprint density at radius 3 is 2.69 bits per heavy atom. The zero-order valence-electron chi connectivity index (χ0n) is 20.6. The smallest absolute Gasteiger partial charge is 0.252 e. The van der Waals surface area contributed by atoms with Crippen molar-refractivity contribution in [1.29, 1.82) is 0 Å². The third kappa shape index (κ3) is 6.40. The zero-order valence-corrected chi connectivity index (χ0v) is 22.3. The Hall–Kier alpha value is -2.04. The molecular formula is C25H35FN4O3S2. The number of rotatable bonds is 9. The van der Waals surface area contributed by atoms with E-state index in [1.165, 1.54) is 12.5 Å². The summed E-state index contributed by atoms with van der Waals surface area (Å²) in [7, 11) is -3.87. The fourth-order valence-electron chi connectivity index (χ4n) is 5.32. The van der Waals surface area contributed by atoms with Gasteiger partial charge in [0.05, 0.1) is 10.7 Å². The van der Waals surface area contributed by atoms with Crippen molar-refractivity contribution < 1.29 is 17.6 Å². The van der Waals surface area contributed by atoms with Crippen LogP contribution in [0, 0.1) is 25.6 Å². The number of carbonyl (C=O) groups is 1. The molecule has 0 bridgehead atoms. The molecule has 35 heavy (non-hydrogen) atoms. The second kappa shape index (κ2) is 10.9. The summed E-state index contributed by atoms with van der Waals surface area (Å²) >= 11 is 1.12. The van der Waals surface area contributed by atoms with Crippen molar-refractivity contribution in [3.8, 4) is 0 Å². The van der Waals surface area contributed by atoms with Crippen molar-refractivity contribution in [1.82, 2.24) is 15.0 Å². The molecule has 2 N–H and O–H groups in total. The van der Waals surface area contributed by atoms with Crippen molar-refractivity contribution >= 4 is 33.0 Å². The highest BCUT2D eigenvalue weighted by Gasteiger charge is 2.32. The summed E-state index contributed by atoms with van der Waals surface area (Å²) in [6.45, 7) is 6.70. The number of nitrogens with zero attached hydrogens (tertiary/aromatic N) is 2. The van der Waals surface area contributed by atoms with Gasteiger partial charge in [0, 0.05) is 24.8 Å². The van der Waals surface area contributed by atoms with Crippen LogP contribution in [0.15, 0.2) is 22.4 Å². The summed E-state index contributed by atoms with van der Waals surface area (Å²) in [6, 6.07) is 3.76. The highest BCUT2D eigenvalue weighted by atomic mass is 32.2. The van der Waals surface area contributed by atoms with E-state index in [9.17, 15) is 17.6 Å². The summed E-state index contributed by atoms with van der Waals surface area (Å²) in [5.74, 6) is -0.220. The number of fused-ring (bicyclic) bond motifs is 1. The number of hydrogen-bond donors (Lipinski definition) is 2. The largest absolute Gasteiger partial charge is 0.369 e. The number of carbonyl (C=O) groups excluding carboxylic acids is 1. The molecule has 0 spiro atoms. The molecule has 2 aromatic rings. The third-order valence-electron chi connectivity index (χ3n) is 6.93. The first-order valence-electron chi connectivity index (χ1n) is 12.4. The summed E-state index contributed by atoms with van der Waals surface area (Å²) in [6.07, 6.45) is 6.71. The predicted octanol–water partition coefficient (Wildman–Crippen LogP) is 4.08. The molecular weight excluding hydrogens is 487 g/mol. The summed E-state index contributed by atoms with van der Waals surface area (Å²) in [4.78, 5) is 19.8. The van der Waals surface area contributed by atoms with Crippen molar-refractivity contribution in [3.63, 3.8) is 0 Å². The lowest BCUT2D eigenvalue weighted by atomic mass is 9.85. The van der Waals surface area contributed by atoms with Gasteiger partial charge in [-0.2, -0.15) is 4.72 Å². The molecule has 10 heteroatoms. The molecule has 1 amide bonds. The minimum absolute atomic E-state index is 0.172. The topological polar surface area (TPSA) is 91.4 Å². The van der Waals surface area contributed by atoms with Crippen LogP contribution in [-0.4, -0.2) is 44.5 Å². The first-order chi connectivity index (χ1) is 16.6. The molecule has 0 unspecified atom stereocenters. The minimum Gasteiger partial charge on any atom is -0.369 e. The number of hydrogen-bond acceptors (Lipinski definition) is 6. The van der Waals surface area contributed by atoms with E-state index < -0.39 is 16.1 Å². The number of benzene rings is 1. The molecule has 192 valence electrons. The molecule has 2 atom stereocenters. The van der Waals surface area contributed by atoms with Crippen LogP contribution in [0.25, 0.3) is 0 Å². The van der Waals surface area contributed by atoms with Crippen molar-refractivity contribution in [2.45, 2.75) is 82.0 Å². The van der Waals surface area contributed by atoms with Gasteiger partial charge < -0.3 is 10.2 Å². The second-order valence-electron chi connectivity index (χ2n) is 9.90. The van der Waals surface area contributed by atoms with Gasteiger partial charge in [-0.1, -0.05) is 32.1 Å². The highest BCUT2D eigenvalue weighted by molar-refractivity contribution is 7.91. The molecule has 1 saturated carbocycles. The van der Waals surface area contributed by atoms with Gasteiger partial charge in [-0.25, -0.2) is 17.8 Å². The molecule has 1 aromatic heterocycles. The maximum absolute atomic E-state index is 13.6. The number of sulfonamides is 1. The standard InChI is InChI=1S/C25H35FN4O3S2/c1-16(15-30-12-11-20-14-21(26)9-10-23(20)30)27-24(31)22(13-19-7-5-4-6-8-19)29-35(32,33)25-17(2)28-18(3)34-25/h9-10,14,16,19,22,29H,4-8,11-13,15H2,1-3H3,(H,27,31)/t16-,22-/m0/s1. The molecule has 2 aliphatic rings. The maximum atomic E-state index is 13.6. The predicted molar refractivity (Wildman–Crippen MR) is 137 cm³/mol. The van der Waals surface area contributed by atoms with E-state index in [0.29, 0.717) is 29.6 Å². The molecule has 0 saturated heterocycles. The van der Waals surface area contributed by atoms with Gasteiger partial charge in [-0.15, -0.1) is 11.3 Å². The minimum atomic E-state index is -3.87. The Morgan fingerprint density at radius 1 is 1.26 bits per heavy atom. The Labute approximate surface area is 211 Å². The first-order valence-corrected chi connectivity index (χ1v) is 14.7. The van der Waals surface area contributed by atoms with Crippen LogP contribution in [0.3, 0.4) is 0 Å². The molecule has 2 heterocycles. The van der Waals surface area contributed by atoms with E-state index in [2.05, 4.69) is 19.9 Å². The highest BCUT2D eigenvalue weighted by Crippen LogP contribution is 2.30. The van der Waals surface area contributed by atoms with E-state index in [1.54, 1.807) is 26.0 Å². The monoisotopic (exact) mass is 522 g/mol. The lowest BCUT2D eigenvalue weighted by Gasteiger charge is -2.29. The summed E-state index contributed by atoms with van der Waals surface area (Å²) in [5, 5.41) is 3.72. The Bertz CT molecular complexity index is 1160. The van der Waals surface area contributed by atoms with E-state index in [-0.39, 0.29) is 22.0 Å².